The standard InChI is InChI=1S/C18H16S4/c1-9-5-13(19-7-9)15-11(3)17-18(21-15)12(4)16(22-17)14-6-10(2)8-20-14/h5-8H,1-4H3. The minimum atomic E-state index is 1.36. The summed E-state index contributed by atoms with van der Waals surface area (Å²) in [6.07, 6.45) is 0. The first-order chi connectivity index (χ1) is 10.5. The Labute approximate surface area is 146 Å². The van der Waals surface area contributed by atoms with Crippen LogP contribution >= 0.6 is 45.3 Å². The van der Waals surface area contributed by atoms with Crippen molar-refractivity contribution >= 4 is 54.7 Å². The van der Waals surface area contributed by atoms with Gasteiger partial charge >= 0.3 is 0 Å². The predicted molar refractivity (Wildman–Crippen MR) is 105 cm³/mol. The fourth-order valence-electron chi connectivity index (χ4n) is 2.72. The SMILES string of the molecule is Cc1csc(-c2sc3c(C)c(-c4cc(C)cs4)sc3c2C)c1. The Kier molecular flexibility index (Phi) is 3.53. The van der Waals surface area contributed by atoms with Gasteiger partial charge in [-0.15, -0.1) is 45.3 Å². The number of hydrogen-bond donors (Lipinski definition) is 0. The number of aryl methyl sites for hydroxylation is 4. The molecule has 0 atom stereocenters. The summed E-state index contributed by atoms with van der Waals surface area (Å²) in [5.74, 6) is 0. The first-order valence-corrected chi connectivity index (χ1v) is 10.6. The minimum absolute atomic E-state index is 1.36. The molecule has 0 nitrogen and oxygen atoms in total. The molecule has 4 aromatic rings. The van der Waals surface area contributed by atoms with Crippen LogP contribution in [-0.4, -0.2) is 0 Å². The molecule has 4 rings (SSSR count). The molecule has 0 fully saturated rings. The van der Waals surface area contributed by atoms with E-state index in [4.69, 9.17) is 0 Å². The quantitative estimate of drug-likeness (QED) is 0.344. The lowest BCUT2D eigenvalue weighted by molar-refractivity contribution is 1.55. The lowest BCUT2D eigenvalue weighted by atomic mass is 10.2. The van der Waals surface area contributed by atoms with E-state index in [2.05, 4.69) is 50.6 Å². The van der Waals surface area contributed by atoms with Gasteiger partial charge in [-0.2, -0.15) is 0 Å². The van der Waals surface area contributed by atoms with Gasteiger partial charge in [0.05, 0.1) is 0 Å². The molecule has 0 unspecified atom stereocenters. The van der Waals surface area contributed by atoms with Crippen LogP contribution in [-0.2, 0) is 0 Å². The first kappa shape index (κ1) is 14.6. The lowest BCUT2D eigenvalue weighted by Gasteiger charge is -1.97. The van der Waals surface area contributed by atoms with Crippen molar-refractivity contribution in [1.29, 1.82) is 0 Å². The molecular weight excluding hydrogens is 344 g/mol. The van der Waals surface area contributed by atoms with Gasteiger partial charge in [0.2, 0.25) is 0 Å². The highest BCUT2D eigenvalue weighted by Gasteiger charge is 2.19. The van der Waals surface area contributed by atoms with Gasteiger partial charge in [0.25, 0.3) is 0 Å². The van der Waals surface area contributed by atoms with Crippen LogP contribution in [0.15, 0.2) is 22.9 Å². The van der Waals surface area contributed by atoms with E-state index >= 15 is 0 Å². The maximum Gasteiger partial charge on any atom is 0.0496 e. The summed E-state index contributed by atoms with van der Waals surface area (Å²) in [5, 5.41) is 4.49. The number of fused-ring (bicyclic) bond motifs is 1. The molecule has 4 aromatic heterocycles. The second-order valence-electron chi connectivity index (χ2n) is 5.75. The van der Waals surface area contributed by atoms with E-state index in [9.17, 15) is 0 Å². The van der Waals surface area contributed by atoms with Gasteiger partial charge in [0, 0.05) is 28.9 Å². The molecule has 4 heterocycles. The monoisotopic (exact) mass is 360 g/mol. The summed E-state index contributed by atoms with van der Waals surface area (Å²) in [5.41, 5.74) is 5.63. The third-order valence-corrected chi connectivity index (χ3v) is 9.29. The van der Waals surface area contributed by atoms with Crippen LogP contribution in [0.4, 0.5) is 0 Å². The van der Waals surface area contributed by atoms with Gasteiger partial charge in [-0.25, -0.2) is 0 Å². The zero-order chi connectivity index (χ0) is 15.4. The predicted octanol–water partition coefficient (Wildman–Crippen LogP) is 7.65. The van der Waals surface area contributed by atoms with E-state index in [1.54, 1.807) is 0 Å². The molecule has 0 N–H and O–H groups in total. The van der Waals surface area contributed by atoms with E-state index in [0.29, 0.717) is 0 Å². The zero-order valence-electron chi connectivity index (χ0n) is 12.9. The smallest absolute Gasteiger partial charge is 0.0496 e. The second-order valence-corrected chi connectivity index (χ2v) is 9.61. The molecule has 0 radical (unpaired) electrons. The lowest BCUT2D eigenvalue weighted by Crippen LogP contribution is -1.70. The Balaban J connectivity index is 1.91. The van der Waals surface area contributed by atoms with Crippen LogP contribution in [0.5, 0.6) is 0 Å². The minimum Gasteiger partial charge on any atom is -0.143 e. The zero-order valence-corrected chi connectivity index (χ0v) is 16.2. The molecule has 0 aliphatic rings. The summed E-state index contributed by atoms with van der Waals surface area (Å²) < 4.78 is 2.95. The highest BCUT2D eigenvalue weighted by Crippen LogP contribution is 2.49. The van der Waals surface area contributed by atoms with E-state index in [1.165, 1.54) is 51.2 Å². The van der Waals surface area contributed by atoms with Crippen LogP contribution in [0, 0.1) is 27.7 Å². The normalized spacial score (nSPS) is 11.6. The van der Waals surface area contributed by atoms with Crippen molar-refractivity contribution in [2.45, 2.75) is 27.7 Å². The van der Waals surface area contributed by atoms with Gasteiger partial charge in [0.1, 0.15) is 0 Å². The summed E-state index contributed by atoms with van der Waals surface area (Å²) >= 11 is 7.65. The number of thiophene rings is 4. The van der Waals surface area contributed by atoms with Crippen molar-refractivity contribution in [2.24, 2.45) is 0 Å². The summed E-state index contributed by atoms with van der Waals surface area (Å²) in [4.78, 5) is 5.74. The Morgan fingerprint density at radius 2 is 1.05 bits per heavy atom. The third kappa shape index (κ3) is 2.21. The van der Waals surface area contributed by atoms with Gasteiger partial charge in [0.15, 0.2) is 0 Å². The molecule has 0 saturated heterocycles. The number of rotatable bonds is 2. The van der Waals surface area contributed by atoms with E-state index in [1.807, 2.05) is 45.3 Å². The molecule has 0 aromatic carbocycles. The van der Waals surface area contributed by atoms with Crippen LogP contribution in [0.3, 0.4) is 0 Å². The highest BCUT2D eigenvalue weighted by atomic mass is 32.1. The Morgan fingerprint density at radius 1 is 0.636 bits per heavy atom. The molecule has 0 spiro atoms. The second kappa shape index (κ2) is 5.31. The average molecular weight is 361 g/mol. The number of hydrogen-bond acceptors (Lipinski definition) is 4. The largest absolute Gasteiger partial charge is 0.143 e. The van der Waals surface area contributed by atoms with Crippen LogP contribution < -0.4 is 0 Å². The van der Waals surface area contributed by atoms with Crippen molar-refractivity contribution in [3.63, 3.8) is 0 Å². The van der Waals surface area contributed by atoms with Crippen molar-refractivity contribution in [1.82, 2.24) is 0 Å². The van der Waals surface area contributed by atoms with Gasteiger partial charge in [-0.05, 0) is 72.8 Å². The van der Waals surface area contributed by atoms with Crippen LogP contribution in [0.2, 0.25) is 0 Å². The van der Waals surface area contributed by atoms with Gasteiger partial charge < -0.3 is 0 Å². The van der Waals surface area contributed by atoms with E-state index in [0.717, 1.165) is 0 Å². The van der Waals surface area contributed by atoms with E-state index in [-0.39, 0.29) is 0 Å². The molecule has 0 bridgehead atoms. The third-order valence-electron chi connectivity index (χ3n) is 3.89. The van der Waals surface area contributed by atoms with Crippen LogP contribution in [0.25, 0.3) is 28.9 Å². The van der Waals surface area contributed by atoms with Gasteiger partial charge in [-0.3, -0.25) is 0 Å². The summed E-state index contributed by atoms with van der Waals surface area (Å²) in [7, 11) is 0. The molecule has 0 saturated carbocycles. The molecule has 0 aliphatic heterocycles. The Bertz CT molecular complexity index is 894. The van der Waals surface area contributed by atoms with E-state index < -0.39 is 0 Å². The molecule has 0 aliphatic carbocycles. The first-order valence-electron chi connectivity index (χ1n) is 7.18. The maximum absolute atomic E-state index is 2.31. The van der Waals surface area contributed by atoms with Crippen molar-refractivity contribution < 1.29 is 0 Å². The Hall–Kier alpha value is -0.940. The maximum atomic E-state index is 2.31. The van der Waals surface area contributed by atoms with Gasteiger partial charge in [-0.1, -0.05) is 0 Å². The topological polar surface area (TPSA) is 0 Å². The summed E-state index contributed by atoms with van der Waals surface area (Å²) in [6.45, 7) is 8.91. The average Bonchev–Trinajstić information content (AvgIpc) is 3.20. The molecular formula is C18H16S4. The van der Waals surface area contributed by atoms with Crippen molar-refractivity contribution in [2.75, 3.05) is 0 Å². The highest BCUT2D eigenvalue weighted by molar-refractivity contribution is 7.33. The molecule has 22 heavy (non-hydrogen) atoms. The Morgan fingerprint density at radius 3 is 1.36 bits per heavy atom. The van der Waals surface area contributed by atoms with Crippen molar-refractivity contribution in [3.8, 4) is 19.5 Å². The summed E-state index contributed by atoms with van der Waals surface area (Å²) in [6, 6.07) is 4.62. The van der Waals surface area contributed by atoms with Crippen LogP contribution in [0.1, 0.15) is 22.3 Å². The molecule has 0 amide bonds. The molecule has 4 heteroatoms. The fourth-order valence-corrected chi connectivity index (χ4v) is 7.67. The van der Waals surface area contributed by atoms with Crippen molar-refractivity contribution in [3.05, 3.63) is 45.1 Å². The molecule has 112 valence electrons. The fraction of sp³-hybridized carbons (Fsp3) is 0.222.